The molecule has 1 atom stereocenters. The summed E-state index contributed by atoms with van der Waals surface area (Å²) in [4.78, 5) is 26.9. The molecule has 0 heterocycles. The number of nitrogens with zero attached hydrogens (tertiary/aromatic N) is 1. The highest BCUT2D eigenvalue weighted by atomic mass is 35.5. The standard InChI is InChI=1S/C21H25ClN2O2/c1-4-23-21(26)16(3)24(14-18-9-11-19(22)12-10-18)20(25)13-17-7-5-15(2)6-8-17/h5-12,16H,4,13-14H2,1-3H3,(H,23,26)/t16-/m1/s1. The van der Waals surface area contributed by atoms with Crippen LogP contribution in [0.3, 0.4) is 0 Å². The number of carbonyl (C=O) groups is 2. The highest BCUT2D eigenvalue weighted by Crippen LogP contribution is 2.15. The van der Waals surface area contributed by atoms with Gasteiger partial charge in [0.2, 0.25) is 11.8 Å². The van der Waals surface area contributed by atoms with E-state index in [9.17, 15) is 9.59 Å². The normalized spacial score (nSPS) is 11.7. The Morgan fingerprint density at radius 1 is 1.04 bits per heavy atom. The molecular weight excluding hydrogens is 348 g/mol. The van der Waals surface area contributed by atoms with Gasteiger partial charge in [-0.25, -0.2) is 0 Å². The third-order valence-electron chi connectivity index (χ3n) is 4.26. The SMILES string of the molecule is CCNC(=O)[C@@H](C)N(Cc1ccc(Cl)cc1)C(=O)Cc1ccc(C)cc1. The van der Waals surface area contributed by atoms with Crippen molar-refractivity contribution in [2.45, 2.75) is 39.8 Å². The monoisotopic (exact) mass is 372 g/mol. The quantitative estimate of drug-likeness (QED) is 0.804. The minimum Gasteiger partial charge on any atom is -0.355 e. The molecule has 138 valence electrons. The van der Waals surface area contributed by atoms with Crippen molar-refractivity contribution < 1.29 is 9.59 Å². The molecule has 2 rings (SSSR count). The third kappa shape index (κ3) is 5.60. The first kappa shape index (κ1) is 20.0. The molecule has 2 aromatic carbocycles. The van der Waals surface area contributed by atoms with Gasteiger partial charge >= 0.3 is 0 Å². The Morgan fingerprint density at radius 2 is 1.62 bits per heavy atom. The lowest BCUT2D eigenvalue weighted by Gasteiger charge is -2.29. The number of likely N-dealkylation sites (N-methyl/N-ethyl adjacent to an activating group) is 1. The van der Waals surface area contributed by atoms with E-state index < -0.39 is 6.04 Å². The van der Waals surface area contributed by atoms with Crippen LogP contribution in [0.1, 0.15) is 30.5 Å². The molecule has 0 saturated heterocycles. The average Bonchev–Trinajstić information content (AvgIpc) is 2.62. The zero-order valence-corrected chi connectivity index (χ0v) is 16.2. The van der Waals surface area contributed by atoms with Gasteiger partial charge in [-0.1, -0.05) is 53.6 Å². The van der Waals surface area contributed by atoms with Gasteiger partial charge in [-0.3, -0.25) is 9.59 Å². The summed E-state index contributed by atoms with van der Waals surface area (Å²) in [5.74, 6) is -0.235. The first-order valence-electron chi connectivity index (χ1n) is 8.78. The summed E-state index contributed by atoms with van der Waals surface area (Å²) in [7, 11) is 0. The number of hydrogen-bond acceptors (Lipinski definition) is 2. The Balaban J connectivity index is 2.20. The van der Waals surface area contributed by atoms with Crippen molar-refractivity contribution in [3.63, 3.8) is 0 Å². The molecule has 0 bridgehead atoms. The molecule has 2 amide bonds. The van der Waals surface area contributed by atoms with Gasteiger partial charge in [-0.2, -0.15) is 0 Å². The second kappa shape index (κ2) is 9.39. The summed E-state index contributed by atoms with van der Waals surface area (Å²) in [5, 5.41) is 3.43. The van der Waals surface area contributed by atoms with Gasteiger partial charge in [0.25, 0.3) is 0 Å². The number of aryl methyl sites for hydroxylation is 1. The number of amides is 2. The summed E-state index contributed by atoms with van der Waals surface area (Å²) < 4.78 is 0. The molecule has 0 aromatic heterocycles. The van der Waals surface area contributed by atoms with Crippen molar-refractivity contribution in [1.82, 2.24) is 10.2 Å². The molecule has 0 saturated carbocycles. The van der Waals surface area contributed by atoms with Crippen molar-refractivity contribution in [1.29, 1.82) is 0 Å². The molecular formula is C21H25ClN2O2. The van der Waals surface area contributed by atoms with E-state index in [0.717, 1.165) is 16.7 Å². The van der Waals surface area contributed by atoms with Crippen molar-refractivity contribution >= 4 is 23.4 Å². The minimum absolute atomic E-state index is 0.0810. The fraction of sp³-hybridized carbons (Fsp3) is 0.333. The lowest BCUT2D eigenvalue weighted by Crippen LogP contribution is -2.48. The van der Waals surface area contributed by atoms with Crippen molar-refractivity contribution in [3.05, 3.63) is 70.2 Å². The summed E-state index contributed by atoms with van der Waals surface area (Å²) in [5.41, 5.74) is 3.02. The van der Waals surface area contributed by atoms with E-state index >= 15 is 0 Å². The first-order chi connectivity index (χ1) is 12.4. The second-order valence-corrected chi connectivity index (χ2v) is 6.82. The van der Waals surface area contributed by atoms with E-state index in [4.69, 9.17) is 11.6 Å². The zero-order valence-electron chi connectivity index (χ0n) is 15.5. The Hall–Kier alpha value is -2.33. The van der Waals surface area contributed by atoms with Crippen LogP contribution in [-0.4, -0.2) is 29.3 Å². The highest BCUT2D eigenvalue weighted by molar-refractivity contribution is 6.30. The van der Waals surface area contributed by atoms with E-state index in [1.54, 1.807) is 24.0 Å². The molecule has 1 N–H and O–H groups in total. The highest BCUT2D eigenvalue weighted by Gasteiger charge is 2.25. The van der Waals surface area contributed by atoms with Gasteiger partial charge in [0, 0.05) is 18.1 Å². The van der Waals surface area contributed by atoms with Crippen LogP contribution in [0.4, 0.5) is 0 Å². The Kier molecular flexibility index (Phi) is 7.22. The summed E-state index contributed by atoms with van der Waals surface area (Å²) in [6.45, 7) is 6.52. The number of carbonyl (C=O) groups excluding carboxylic acids is 2. The van der Waals surface area contributed by atoms with Crippen molar-refractivity contribution in [2.24, 2.45) is 0 Å². The molecule has 0 fully saturated rings. The number of halogens is 1. The summed E-state index contributed by atoms with van der Waals surface area (Å²) in [6, 6.07) is 14.6. The predicted molar refractivity (Wildman–Crippen MR) is 105 cm³/mol. The van der Waals surface area contributed by atoms with E-state index in [-0.39, 0.29) is 18.2 Å². The Morgan fingerprint density at radius 3 is 2.19 bits per heavy atom. The number of benzene rings is 2. The van der Waals surface area contributed by atoms with E-state index in [1.807, 2.05) is 50.2 Å². The van der Waals surface area contributed by atoms with Crippen molar-refractivity contribution in [3.8, 4) is 0 Å². The summed E-state index contributed by atoms with van der Waals surface area (Å²) in [6.07, 6.45) is 0.262. The van der Waals surface area contributed by atoms with Crippen LogP contribution in [-0.2, 0) is 22.6 Å². The molecule has 0 unspecified atom stereocenters. The van der Waals surface area contributed by atoms with Gasteiger partial charge in [0.1, 0.15) is 6.04 Å². The minimum atomic E-state index is -0.552. The number of nitrogens with one attached hydrogen (secondary N) is 1. The largest absolute Gasteiger partial charge is 0.355 e. The molecule has 0 radical (unpaired) electrons. The number of hydrogen-bond donors (Lipinski definition) is 1. The predicted octanol–water partition coefficient (Wildman–Crippen LogP) is 3.74. The topological polar surface area (TPSA) is 49.4 Å². The van der Waals surface area contributed by atoms with Crippen LogP contribution in [0.25, 0.3) is 0 Å². The maximum Gasteiger partial charge on any atom is 0.242 e. The Labute approximate surface area is 160 Å². The van der Waals surface area contributed by atoms with E-state index in [2.05, 4.69) is 5.32 Å². The lowest BCUT2D eigenvalue weighted by atomic mass is 10.1. The van der Waals surface area contributed by atoms with Crippen LogP contribution < -0.4 is 5.32 Å². The van der Waals surface area contributed by atoms with Crippen LogP contribution in [0.2, 0.25) is 5.02 Å². The molecule has 0 aliphatic heterocycles. The molecule has 0 spiro atoms. The van der Waals surface area contributed by atoms with Gasteiger partial charge in [-0.05, 0) is 44.0 Å². The molecule has 0 aliphatic carbocycles. The van der Waals surface area contributed by atoms with Gasteiger partial charge in [-0.15, -0.1) is 0 Å². The third-order valence-corrected chi connectivity index (χ3v) is 4.51. The van der Waals surface area contributed by atoms with Crippen LogP contribution >= 0.6 is 11.6 Å². The molecule has 2 aromatic rings. The second-order valence-electron chi connectivity index (χ2n) is 6.38. The van der Waals surface area contributed by atoms with Crippen LogP contribution in [0, 0.1) is 6.92 Å². The maximum absolute atomic E-state index is 12.9. The lowest BCUT2D eigenvalue weighted by molar-refractivity contribution is -0.140. The van der Waals surface area contributed by atoms with Gasteiger partial charge in [0.15, 0.2) is 0 Å². The first-order valence-corrected chi connectivity index (χ1v) is 9.15. The van der Waals surface area contributed by atoms with Gasteiger partial charge in [0.05, 0.1) is 6.42 Å². The van der Waals surface area contributed by atoms with E-state index in [0.29, 0.717) is 18.1 Å². The zero-order chi connectivity index (χ0) is 19.1. The maximum atomic E-state index is 12.9. The van der Waals surface area contributed by atoms with Crippen LogP contribution in [0.15, 0.2) is 48.5 Å². The van der Waals surface area contributed by atoms with Crippen LogP contribution in [0.5, 0.6) is 0 Å². The fourth-order valence-electron chi connectivity index (χ4n) is 2.67. The van der Waals surface area contributed by atoms with E-state index in [1.165, 1.54) is 0 Å². The van der Waals surface area contributed by atoms with Gasteiger partial charge < -0.3 is 10.2 Å². The molecule has 26 heavy (non-hydrogen) atoms. The molecule has 4 nitrogen and oxygen atoms in total. The summed E-state index contributed by atoms with van der Waals surface area (Å²) >= 11 is 5.94. The average molecular weight is 373 g/mol. The smallest absolute Gasteiger partial charge is 0.242 e. The number of rotatable bonds is 7. The molecule has 0 aliphatic rings. The molecule has 5 heteroatoms. The fourth-order valence-corrected chi connectivity index (χ4v) is 2.80. The Bertz CT molecular complexity index is 742. The van der Waals surface area contributed by atoms with Crippen molar-refractivity contribution in [2.75, 3.05) is 6.54 Å².